The van der Waals surface area contributed by atoms with E-state index < -0.39 is 0 Å². The third-order valence-electron chi connectivity index (χ3n) is 4.46. The number of benzene rings is 1. The van der Waals surface area contributed by atoms with Crippen molar-refractivity contribution in [2.45, 2.75) is 64.5 Å². The number of nitrogens with one attached hydrogen (secondary N) is 1. The van der Waals surface area contributed by atoms with Gasteiger partial charge in [0.2, 0.25) is 0 Å². The summed E-state index contributed by atoms with van der Waals surface area (Å²) in [5, 5.41) is 3.71. The molecule has 1 aliphatic rings. The van der Waals surface area contributed by atoms with E-state index in [0.29, 0.717) is 6.04 Å². The molecule has 0 saturated heterocycles. The van der Waals surface area contributed by atoms with Crippen LogP contribution in [0, 0.1) is 11.7 Å². The van der Waals surface area contributed by atoms with Crippen molar-refractivity contribution < 1.29 is 4.39 Å². The average molecular weight is 342 g/mol. The van der Waals surface area contributed by atoms with E-state index in [1.54, 1.807) is 6.07 Å². The number of halogens is 2. The highest BCUT2D eigenvalue weighted by molar-refractivity contribution is 9.10. The van der Waals surface area contributed by atoms with Gasteiger partial charge in [0.25, 0.3) is 0 Å². The molecule has 0 aliphatic heterocycles. The predicted octanol–water partition coefficient (Wildman–Crippen LogP) is 5.60. The van der Waals surface area contributed by atoms with Gasteiger partial charge in [0, 0.05) is 16.6 Å². The van der Waals surface area contributed by atoms with E-state index in [9.17, 15) is 4.39 Å². The summed E-state index contributed by atoms with van der Waals surface area (Å²) in [7, 11) is 0. The maximum absolute atomic E-state index is 13.1. The van der Waals surface area contributed by atoms with E-state index in [1.165, 1.54) is 44.6 Å². The lowest BCUT2D eigenvalue weighted by Crippen LogP contribution is -2.35. The quantitative estimate of drug-likeness (QED) is 0.735. The topological polar surface area (TPSA) is 12.0 Å². The first-order chi connectivity index (χ1) is 9.60. The number of hydrogen-bond acceptors (Lipinski definition) is 1. The normalized spacial score (nSPS) is 24.6. The minimum atomic E-state index is -0.187. The fraction of sp³-hybridized carbons (Fsp3) is 0.647. The van der Waals surface area contributed by atoms with E-state index in [2.05, 4.69) is 35.1 Å². The minimum Gasteiger partial charge on any atom is -0.307 e. The molecule has 0 amide bonds. The molecular weight excluding hydrogens is 317 g/mol. The van der Waals surface area contributed by atoms with Crippen LogP contribution < -0.4 is 5.32 Å². The fourth-order valence-electron chi connectivity index (χ4n) is 3.32. The van der Waals surface area contributed by atoms with Gasteiger partial charge >= 0.3 is 0 Å². The van der Waals surface area contributed by atoms with Crippen molar-refractivity contribution in [1.29, 1.82) is 0 Å². The zero-order valence-electron chi connectivity index (χ0n) is 12.5. The Bertz CT molecular complexity index is 427. The van der Waals surface area contributed by atoms with Gasteiger partial charge in [-0.05, 0) is 56.2 Å². The van der Waals surface area contributed by atoms with Crippen LogP contribution in [0.15, 0.2) is 22.7 Å². The Morgan fingerprint density at radius 3 is 2.60 bits per heavy atom. The van der Waals surface area contributed by atoms with Crippen molar-refractivity contribution >= 4 is 15.9 Å². The third-order valence-corrected chi connectivity index (χ3v) is 5.15. The lowest BCUT2D eigenvalue weighted by molar-refractivity contribution is 0.266. The Kier molecular flexibility index (Phi) is 6.03. The summed E-state index contributed by atoms with van der Waals surface area (Å²) in [4.78, 5) is 0. The largest absolute Gasteiger partial charge is 0.307 e. The van der Waals surface area contributed by atoms with Crippen molar-refractivity contribution in [1.82, 2.24) is 5.32 Å². The molecule has 20 heavy (non-hydrogen) atoms. The molecule has 2 rings (SSSR count). The first-order valence-corrected chi connectivity index (χ1v) is 8.60. The molecule has 1 fully saturated rings. The van der Waals surface area contributed by atoms with Crippen LogP contribution in [-0.2, 0) is 0 Å². The first kappa shape index (κ1) is 16.0. The van der Waals surface area contributed by atoms with Crippen molar-refractivity contribution in [2.75, 3.05) is 0 Å². The molecule has 1 aromatic carbocycles. The smallest absolute Gasteiger partial charge is 0.124 e. The number of rotatable bonds is 5. The zero-order chi connectivity index (χ0) is 14.5. The lowest BCUT2D eigenvalue weighted by Gasteiger charge is -2.31. The Labute approximate surface area is 130 Å². The second-order valence-electron chi connectivity index (χ2n) is 6.06. The van der Waals surface area contributed by atoms with Gasteiger partial charge in [-0.25, -0.2) is 4.39 Å². The molecule has 1 saturated carbocycles. The second-order valence-corrected chi connectivity index (χ2v) is 6.91. The van der Waals surface area contributed by atoms with Crippen LogP contribution in [-0.4, -0.2) is 6.04 Å². The highest BCUT2D eigenvalue weighted by Crippen LogP contribution is 2.30. The van der Waals surface area contributed by atoms with Crippen molar-refractivity contribution in [3.05, 3.63) is 34.1 Å². The van der Waals surface area contributed by atoms with Crippen LogP contribution in [0.2, 0.25) is 0 Å². The molecule has 1 atom stereocenters. The van der Waals surface area contributed by atoms with Crippen LogP contribution in [0.1, 0.15) is 64.0 Å². The van der Waals surface area contributed by atoms with Gasteiger partial charge < -0.3 is 5.32 Å². The second kappa shape index (κ2) is 7.56. The van der Waals surface area contributed by atoms with E-state index in [-0.39, 0.29) is 11.9 Å². The Hall–Kier alpha value is -0.410. The molecule has 1 aromatic rings. The molecule has 1 nitrogen and oxygen atoms in total. The van der Waals surface area contributed by atoms with E-state index in [4.69, 9.17) is 0 Å². The summed E-state index contributed by atoms with van der Waals surface area (Å²) in [6, 6.07) is 5.83. The van der Waals surface area contributed by atoms with Crippen LogP contribution in [0.5, 0.6) is 0 Å². The van der Waals surface area contributed by atoms with E-state index >= 15 is 0 Å². The van der Waals surface area contributed by atoms with Crippen molar-refractivity contribution in [3.8, 4) is 0 Å². The SMILES string of the molecule is CCCC1CCC(NC(C)c2ccc(F)cc2Br)CC1. The van der Waals surface area contributed by atoms with E-state index in [0.717, 1.165) is 16.0 Å². The first-order valence-electron chi connectivity index (χ1n) is 7.81. The van der Waals surface area contributed by atoms with Crippen LogP contribution in [0.4, 0.5) is 4.39 Å². The van der Waals surface area contributed by atoms with Gasteiger partial charge in [-0.1, -0.05) is 41.8 Å². The minimum absolute atomic E-state index is 0.187. The Balaban J connectivity index is 1.87. The molecule has 3 heteroatoms. The molecule has 1 unspecified atom stereocenters. The Morgan fingerprint density at radius 2 is 2.00 bits per heavy atom. The van der Waals surface area contributed by atoms with Gasteiger partial charge in [-0.3, -0.25) is 0 Å². The van der Waals surface area contributed by atoms with Gasteiger partial charge in [0.15, 0.2) is 0 Å². The van der Waals surface area contributed by atoms with Crippen LogP contribution in [0.3, 0.4) is 0 Å². The molecule has 112 valence electrons. The van der Waals surface area contributed by atoms with E-state index in [1.807, 2.05) is 6.07 Å². The molecule has 1 aliphatic carbocycles. The molecular formula is C17H25BrFN. The number of hydrogen-bond donors (Lipinski definition) is 1. The lowest BCUT2D eigenvalue weighted by atomic mass is 9.83. The summed E-state index contributed by atoms with van der Waals surface area (Å²) in [6.07, 6.45) is 7.93. The third kappa shape index (κ3) is 4.29. The molecule has 0 heterocycles. The van der Waals surface area contributed by atoms with Gasteiger partial charge in [0.05, 0.1) is 0 Å². The maximum Gasteiger partial charge on any atom is 0.124 e. The van der Waals surface area contributed by atoms with Crippen molar-refractivity contribution in [3.63, 3.8) is 0 Å². The van der Waals surface area contributed by atoms with Gasteiger partial charge in [0.1, 0.15) is 5.82 Å². The van der Waals surface area contributed by atoms with Crippen LogP contribution in [0.25, 0.3) is 0 Å². The molecule has 1 N–H and O–H groups in total. The fourth-order valence-corrected chi connectivity index (χ4v) is 4.02. The standard InChI is InChI=1S/C17H25BrFN/c1-3-4-13-5-8-15(9-6-13)20-12(2)16-10-7-14(19)11-17(16)18/h7,10-13,15,20H,3-6,8-9H2,1-2H3. The summed E-state index contributed by atoms with van der Waals surface area (Å²) < 4.78 is 14.0. The molecule has 0 aromatic heterocycles. The van der Waals surface area contributed by atoms with Crippen molar-refractivity contribution in [2.24, 2.45) is 5.92 Å². The Morgan fingerprint density at radius 1 is 1.30 bits per heavy atom. The highest BCUT2D eigenvalue weighted by Gasteiger charge is 2.22. The summed E-state index contributed by atoms with van der Waals surface area (Å²) in [5.41, 5.74) is 1.14. The van der Waals surface area contributed by atoms with Gasteiger partial charge in [-0.15, -0.1) is 0 Å². The highest BCUT2D eigenvalue weighted by atomic mass is 79.9. The molecule has 0 bridgehead atoms. The monoisotopic (exact) mass is 341 g/mol. The summed E-state index contributed by atoms with van der Waals surface area (Å²) in [6.45, 7) is 4.44. The zero-order valence-corrected chi connectivity index (χ0v) is 14.0. The predicted molar refractivity (Wildman–Crippen MR) is 86.3 cm³/mol. The molecule has 0 spiro atoms. The van der Waals surface area contributed by atoms with Gasteiger partial charge in [-0.2, -0.15) is 0 Å². The average Bonchev–Trinajstić information content (AvgIpc) is 2.41. The molecule has 0 radical (unpaired) electrons. The maximum atomic E-state index is 13.1. The summed E-state index contributed by atoms with van der Waals surface area (Å²) >= 11 is 3.46. The van der Waals surface area contributed by atoms with Crippen LogP contribution >= 0.6 is 15.9 Å². The summed E-state index contributed by atoms with van der Waals surface area (Å²) in [5.74, 6) is 0.749.